The molecule has 2 aromatic rings. The highest BCUT2D eigenvalue weighted by Crippen LogP contribution is 2.28. The molecule has 0 atom stereocenters. The van der Waals surface area contributed by atoms with Gasteiger partial charge in [0.05, 0.1) is 25.3 Å². The summed E-state index contributed by atoms with van der Waals surface area (Å²) in [4.78, 5) is 40.4. The summed E-state index contributed by atoms with van der Waals surface area (Å²) in [5.41, 5.74) is 1.68. The summed E-state index contributed by atoms with van der Waals surface area (Å²) in [6.07, 6.45) is 0.0760. The van der Waals surface area contributed by atoms with E-state index in [-0.39, 0.29) is 30.7 Å². The first-order valence-corrected chi connectivity index (χ1v) is 9.44. The van der Waals surface area contributed by atoms with Crippen molar-refractivity contribution in [1.29, 1.82) is 0 Å². The van der Waals surface area contributed by atoms with E-state index in [1.54, 1.807) is 49.5 Å². The number of hydrogen-bond donors (Lipinski definition) is 0. The van der Waals surface area contributed by atoms with Gasteiger partial charge in [0.15, 0.2) is 11.5 Å². The van der Waals surface area contributed by atoms with Crippen LogP contribution in [0.4, 0.5) is 0 Å². The normalized spacial score (nSPS) is 12.7. The fraction of sp³-hybridized carbons (Fsp3) is 0.318. The SMILES string of the molecule is CCN(Cc1ccc(OC)c(OC)c1)C(=O)CCN1C(=O)c2ccccc2C1=O. The molecule has 0 radical (unpaired) electrons. The van der Waals surface area contributed by atoms with Crippen LogP contribution in [-0.2, 0) is 11.3 Å². The summed E-state index contributed by atoms with van der Waals surface area (Å²) in [5, 5.41) is 0. The minimum Gasteiger partial charge on any atom is -0.493 e. The van der Waals surface area contributed by atoms with Crippen LogP contribution in [0.3, 0.4) is 0 Å². The van der Waals surface area contributed by atoms with Gasteiger partial charge in [-0.3, -0.25) is 19.3 Å². The van der Waals surface area contributed by atoms with E-state index in [4.69, 9.17) is 9.47 Å². The first-order valence-electron chi connectivity index (χ1n) is 9.44. The Morgan fingerprint density at radius 2 is 1.59 bits per heavy atom. The van der Waals surface area contributed by atoms with Gasteiger partial charge in [-0.25, -0.2) is 0 Å². The van der Waals surface area contributed by atoms with Crippen LogP contribution in [0.5, 0.6) is 11.5 Å². The molecule has 1 aliphatic rings. The Kier molecular flexibility index (Phi) is 6.16. The Balaban J connectivity index is 1.64. The number of fused-ring (bicyclic) bond motifs is 1. The van der Waals surface area contributed by atoms with Crippen LogP contribution in [-0.4, -0.2) is 54.8 Å². The van der Waals surface area contributed by atoms with Crippen molar-refractivity contribution >= 4 is 17.7 Å². The van der Waals surface area contributed by atoms with Crippen LogP contribution in [0.25, 0.3) is 0 Å². The summed E-state index contributed by atoms with van der Waals surface area (Å²) >= 11 is 0. The molecule has 1 aliphatic heterocycles. The van der Waals surface area contributed by atoms with Crippen molar-refractivity contribution in [3.63, 3.8) is 0 Å². The van der Waals surface area contributed by atoms with Gasteiger partial charge in [0.1, 0.15) is 0 Å². The Morgan fingerprint density at radius 3 is 2.14 bits per heavy atom. The lowest BCUT2D eigenvalue weighted by atomic mass is 10.1. The van der Waals surface area contributed by atoms with Crippen LogP contribution in [0.15, 0.2) is 42.5 Å². The van der Waals surface area contributed by atoms with Crippen LogP contribution in [0.1, 0.15) is 39.6 Å². The van der Waals surface area contributed by atoms with Gasteiger partial charge < -0.3 is 14.4 Å². The van der Waals surface area contributed by atoms with Crippen molar-refractivity contribution in [3.8, 4) is 11.5 Å². The molecule has 0 unspecified atom stereocenters. The monoisotopic (exact) mass is 396 g/mol. The van der Waals surface area contributed by atoms with Crippen molar-refractivity contribution in [2.24, 2.45) is 0 Å². The quantitative estimate of drug-likeness (QED) is 0.642. The lowest BCUT2D eigenvalue weighted by Crippen LogP contribution is -2.36. The van der Waals surface area contributed by atoms with Gasteiger partial charge in [0.25, 0.3) is 11.8 Å². The molecule has 1 heterocycles. The van der Waals surface area contributed by atoms with Crippen LogP contribution in [0, 0.1) is 0 Å². The number of rotatable bonds is 8. The molecular formula is C22H24N2O5. The zero-order chi connectivity index (χ0) is 21.0. The van der Waals surface area contributed by atoms with Crippen LogP contribution in [0.2, 0.25) is 0 Å². The first-order chi connectivity index (χ1) is 14.0. The molecule has 0 fully saturated rings. The zero-order valence-electron chi connectivity index (χ0n) is 16.8. The van der Waals surface area contributed by atoms with E-state index in [0.717, 1.165) is 10.5 Å². The number of ether oxygens (including phenoxy) is 2. The van der Waals surface area contributed by atoms with Crippen molar-refractivity contribution in [3.05, 3.63) is 59.2 Å². The highest BCUT2D eigenvalue weighted by atomic mass is 16.5. The summed E-state index contributed by atoms with van der Waals surface area (Å²) < 4.78 is 10.5. The number of imide groups is 1. The van der Waals surface area contributed by atoms with Crippen molar-refractivity contribution in [2.45, 2.75) is 19.9 Å². The lowest BCUT2D eigenvalue weighted by molar-refractivity contribution is -0.131. The fourth-order valence-corrected chi connectivity index (χ4v) is 3.38. The smallest absolute Gasteiger partial charge is 0.261 e. The Hall–Kier alpha value is -3.35. The second kappa shape index (κ2) is 8.77. The maximum atomic E-state index is 12.7. The molecule has 152 valence electrons. The second-order valence-electron chi connectivity index (χ2n) is 6.65. The number of carbonyl (C=O) groups excluding carboxylic acids is 3. The lowest BCUT2D eigenvalue weighted by Gasteiger charge is -2.23. The Labute approximate surface area is 169 Å². The molecular weight excluding hydrogens is 372 g/mol. The molecule has 0 N–H and O–H groups in total. The maximum absolute atomic E-state index is 12.7. The van der Waals surface area contributed by atoms with Crippen molar-refractivity contribution < 1.29 is 23.9 Å². The van der Waals surface area contributed by atoms with Gasteiger partial charge in [-0.15, -0.1) is 0 Å². The molecule has 29 heavy (non-hydrogen) atoms. The number of benzene rings is 2. The van der Waals surface area contributed by atoms with E-state index in [1.165, 1.54) is 0 Å². The molecule has 7 nitrogen and oxygen atoms in total. The van der Waals surface area contributed by atoms with Gasteiger partial charge in [-0.05, 0) is 36.8 Å². The Morgan fingerprint density at radius 1 is 0.966 bits per heavy atom. The van der Waals surface area contributed by atoms with Gasteiger partial charge in [0, 0.05) is 26.1 Å². The van der Waals surface area contributed by atoms with Crippen molar-refractivity contribution in [2.75, 3.05) is 27.3 Å². The molecule has 3 amide bonds. The number of amides is 3. The van der Waals surface area contributed by atoms with Crippen molar-refractivity contribution in [1.82, 2.24) is 9.80 Å². The standard InChI is InChI=1S/C22H24N2O5/c1-4-23(14-15-9-10-18(28-2)19(13-15)29-3)20(25)11-12-24-21(26)16-7-5-6-8-17(16)22(24)27/h5-10,13H,4,11-12,14H2,1-3H3. The number of methoxy groups -OCH3 is 2. The molecule has 0 spiro atoms. The molecule has 0 saturated carbocycles. The highest BCUT2D eigenvalue weighted by Gasteiger charge is 2.35. The molecule has 0 aliphatic carbocycles. The third-order valence-corrected chi connectivity index (χ3v) is 4.98. The second-order valence-corrected chi connectivity index (χ2v) is 6.65. The van der Waals surface area contributed by atoms with Crippen LogP contribution >= 0.6 is 0 Å². The third-order valence-electron chi connectivity index (χ3n) is 4.98. The molecule has 3 rings (SSSR count). The van der Waals surface area contributed by atoms with E-state index >= 15 is 0 Å². The molecule has 7 heteroatoms. The Bertz CT molecular complexity index is 906. The van der Waals surface area contributed by atoms with E-state index in [9.17, 15) is 14.4 Å². The van der Waals surface area contributed by atoms with E-state index < -0.39 is 0 Å². The highest BCUT2D eigenvalue weighted by molar-refractivity contribution is 6.21. The van der Waals surface area contributed by atoms with E-state index in [1.807, 2.05) is 19.1 Å². The number of carbonyl (C=O) groups is 3. The predicted molar refractivity (Wildman–Crippen MR) is 107 cm³/mol. The number of nitrogens with zero attached hydrogens (tertiary/aromatic N) is 2. The van der Waals surface area contributed by atoms with Gasteiger partial charge in [0.2, 0.25) is 5.91 Å². The first kappa shape index (κ1) is 20.4. The number of hydrogen-bond acceptors (Lipinski definition) is 5. The topological polar surface area (TPSA) is 76.2 Å². The fourth-order valence-electron chi connectivity index (χ4n) is 3.38. The van der Waals surface area contributed by atoms with Gasteiger partial charge in [-0.1, -0.05) is 18.2 Å². The summed E-state index contributed by atoms with van der Waals surface area (Å²) in [7, 11) is 3.13. The molecule has 2 aromatic carbocycles. The predicted octanol–water partition coefficient (Wildman–Crippen LogP) is 2.74. The van der Waals surface area contributed by atoms with Gasteiger partial charge in [-0.2, -0.15) is 0 Å². The average molecular weight is 396 g/mol. The molecule has 0 saturated heterocycles. The van der Waals surface area contributed by atoms with E-state index in [0.29, 0.717) is 35.7 Å². The summed E-state index contributed by atoms with van der Waals surface area (Å²) in [6, 6.07) is 12.2. The summed E-state index contributed by atoms with van der Waals surface area (Å²) in [6.45, 7) is 2.86. The van der Waals surface area contributed by atoms with Crippen LogP contribution < -0.4 is 9.47 Å². The maximum Gasteiger partial charge on any atom is 0.261 e. The zero-order valence-corrected chi connectivity index (χ0v) is 16.8. The average Bonchev–Trinajstić information content (AvgIpc) is 3.00. The van der Waals surface area contributed by atoms with Gasteiger partial charge >= 0.3 is 0 Å². The largest absolute Gasteiger partial charge is 0.493 e. The minimum absolute atomic E-state index is 0.0631. The molecule has 0 aromatic heterocycles. The minimum atomic E-state index is -0.346. The van der Waals surface area contributed by atoms with E-state index in [2.05, 4.69) is 0 Å². The third kappa shape index (κ3) is 4.08. The molecule has 0 bridgehead atoms. The summed E-state index contributed by atoms with van der Waals surface area (Å²) in [5.74, 6) is 0.400.